The van der Waals surface area contributed by atoms with Gasteiger partial charge in [0.1, 0.15) is 5.75 Å². The Morgan fingerprint density at radius 1 is 0.879 bits per heavy atom. The molecule has 0 aromatic heterocycles. The molecule has 0 aliphatic heterocycles. The van der Waals surface area contributed by atoms with E-state index in [4.69, 9.17) is 4.74 Å². The number of amides is 3. The minimum absolute atomic E-state index is 0.162. The highest BCUT2D eigenvalue weighted by atomic mass is 16.5. The van der Waals surface area contributed by atoms with Gasteiger partial charge in [0.15, 0.2) is 6.61 Å². The first-order chi connectivity index (χ1) is 15.9. The number of nitrogens with one attached hydrogen (secondary N) is 3. The number of nitrogens with zero attached hydrogens (tertiary/aromatic N) is 1. The molecule has 3 N–H and O–H groups in total. The molecule has 3 aromatic rings. The van der Waals surface area contributed by atoms with Crippen molar-refractivity contribution in [2.45, 2.75) is 13.8 Å². The predicted octanol–water partition coefficient (Wildman–Crippen LogP) is 3.41. The molecule has 0 saturated carbocycles. The number of rotatable bonds is 7. The van der Waals surface area contributed by atoms with Crippen LogP contribution in [0.2, 0.25) is 0 Å². The quantitative estimate of drug-likeness (QED) is 0.295. The SMILES string of the molecule is Cc1cccc(NC(=O)C(=O)N/N=C\c2cccc(OCC(=O)Nc3ccccc3C)c2)c1. The van der Waals surface area contributed by atoms with Crippen LogP contribution in [0.1, 0.15) is 16.7 Å². The summed E-state index contributed by atoms with van der Waals surface area (Å²) >= 11 is 0. The van der Waals surface area contributed by atoms with E-state index in [1.54, 1.807) is 42.5 Å². The topological polar surface area (TPSA) is 109 Å². The molecule has 0 aliphatic rings. The Morgan fingerprint density at radius 3 is 2.45 bits per heavy atom. The first kappa shape index (κ1) is 23.2. The molecule has 0 heterocycles. The molecule has 8 nitrogen and oxygen atoms in total. The summed E-state index contributed by atoms with van der Waals surface area (Å²) in [6.45, 7) is 3.63. The van der Waals surface area contributed by atoms with Gasteiger partial charge in [-0.25, -0.2) is 5.43 Å². The highest BCUT2D eigenvalue weighted by molar-refractivity contribution is 6.39. The van der Waals surface area contributed by atoms with Gasteiger partial charge in [-0.15, -0.1) is 0 Å². The lowest BCUT2D eigenvalue weighted by molar-refractivity contribution is -0.136. The minimum atomic E-state index is -0.895. The van der Waals surface area contributed by atoms with E-state index in [0.717, 1.165) is 16.8 Å². The van der Waals surface area contributed by atoms with Crippen molar-refractivity contribution >= 4 is 35.3 Å². The molecule has 3 rings (SSSR count). The maximum atomic E-state index is 12.1. The Morgan fingerprint density at radius 2 is 1.67 bits per heavy atom. The predicted molar refractivity (Wildman–Crippen MR) is 127 cm³/mol. The van der Waals surface area contributed by atoms with E-state index < -0.39 is 11.8 Å². The largest absolute Gasteiger partial charge is 0.484 e. The van der Waals surface area contributed by atoms with Gasteiger partial charge in [-0.1, -0.05) is 42.5 Å². The summed E-state index contributed by atoms with van der Waals surface area (Å²) in [6, 6.07) is 21.4. The van der Waals surface area contributed by atoms with Crippen LogP contribution in [0.5, 0.6) is 5.75 Å². The Bertz CT molecular complexity index is 1190. The van der Waals surface area contributed by atoms with Crippen molar-refractivity contribution in [2.24, 2.45) is 5.10 Å². The average Bonchev–Trinajstić information content (AvgIpc) is 2.79. The second-order valence-corrected chi connectivity index (χ2v) is 7.25. The Kier molecular flexibility index (Phi) is 7.91. The standard InChI is InChI=1S/C25H24N4O4/c1-17-7-5-10-20(13-17)27-24(31)25(32)29-26-15-19-9-6-11-21(14-19)33-16-23(30)28-22-12-4-3-8-18(22)2/h3-15H,16H2,1-2H3,(H,27,31)(H,28,30)(H,29,32)/b26-15-. The molecule has 0 unspecified atom stereocenters. The first-order valence-corrected chi connectivity index (χ1v) is 10.2. The van der Waals surface area contributed by atoms with Gasteiger partial charge in [-0.3, -0.25) is 14.4 Å². The molecular formula is C25H24N4O4. The molecule has 168 valence electrons. The van der Waals surface area contributed by atoms with Crippen molar-refractivity contribution in [1.29, 1.82) is 0 Å². The number of ether oxygens (including phenoxy) is 1. The molecule has 0 radical (unpaired) electrons. The van der Waals surface area contributed by atoms with Gasteiger partial charge in [0.25, 0.3) is 5.91 Å². The third kappa shape index (κ3) is 7.32. The van der Waals surface area contributed by atoms with Crippen LogP contribution >= 0.6 is 0 Å². The third-order valence-electron chi connectivity index (χ3n) is 4.51. The minimum Gasteiger partial charge on any atom is -0.484 e. The van der Waals surface area contributed by atoms with Crippen LogP contribution in [0.3, 0.4) is 0 Å². The van der Waals surface area contributed by atoms with Gasteiger partial charge in [-0.2, -0.15) is 5.10 Å². The molecular weight excluding hydrogens is 420 g/mol. The smallest absolute Gasteiger partial charge is 0.329 e. The van der Waals surface area contributed by atoms with Crippen molar-refractivity contribution in [3.63, 3.8) is 0 Å². The van der Waals surface area contributed by atoms with E-state index in [1.165, 1.54) is 6.21 Å². The van der Waals surface area contributed by atoms with Crippen molar-refractivity contribution in [3.05, 3.63) is 89.5 Å². The van der Waals surface area contributed by atoms with E-state index in [9.17, 15) is 14.4 Å². The van der Waals surface area contributed by atoms with Crippen molar-refractivity contribution in [1.82, 2.24) is 5.43 Å². The average molecular weight is 444 g/mol. The monoisotopic (exact) mass is 444 g/mol. The molecule has 8 heteroatoms. The lowest BCUT2D eigenvalue weighted by atomic mass is 10.2. The molecule has 3 amide bonds. The van der Waals surface area contributed by atoms with Crippen LogP contribution in [0, 0.1) is 13.8 Å². The Labute approximate surface area is 191 Å². The number of carbonyl (C=O) groups is 3. The fraction of sp³-hybridized carbons (Fsp3) is 0.120. The van der Waals surface area contributed by atoms with Crippen LogP contribution in [0.25, 0.3) is 0 Å². The zero-order valence-corrected chi connectivity index (χ0v) is 18.3. The van der Waals surface area contributed by atoms with Gasteiger partial charge >= 0.3 is 11.8 Å². The van der Waals surface area contributed by atoms with E-state index in [-0.39, 0.29) is 12.5 Å². The lowest BCUT2D eigenvalue weighted by Gasteiger charge is -2.09. The number of carbonyl (C=O) groups excluding carboxylic acids is 3. The maximum Gasteiger partial charge on any atom is 0.329 e. The summed E-state index contributed by atoms with van der Waals surface area (Å²) in [5.41, 5.74) is 5.97. The van der Waals surface area contributed by atoms with E-state index >= 15 is 0 Å². The number of benzene rings is 3. The van der Waals surface area contributed by atoms with E-state index in [0.29, 0.717) is 17.0 Å². The fourth-order valence-corrected chi connectivity index (χ4v) is 2.86. The molecule has 0 bridgehead atoms. The molecule has 0 atom stereocenters. The highest BCUT2D eigenvalue weighted by Crippen LogP contribution is 2.15. The van der Waals surface area contributed by atoms with Crippen LogP contribution in [0.15, 0.2) is 77.9 Å². The summed E-state index contributed by atoms with van der Waals surface area (Å²) in [7, 11) is 0. The molecule has 0 saturated heterocycles. The highest BCUT2D eigenvalue weighted by Gasteiger charge is 2.12. The van der Waals surface area contributed by atoms with Gasteiger partial charge in [0.05, 0.1) is 6.21 Å². The summed E-state index contributed by atoms with van der Waals surface area (Å²) in [4.78, 5) is 36.0. The van der Waals surface area contributed by atoms with Crippen LogP contribution in [0.4, 0.5) is 11.4 Å². The van der Waals surface area contributed by atoms with Crippen LogP contribution in [-0.4, -0.2) is 30.5 Å². The second-order valence-electron chi connectivity index (χ2n) is 7.25. The molecule has 0 fully saturated rings. The first-order valence-electron chi connectivity index (χ1n) is 10.2. The van der Waals surface area contributed by atoms with E-state index in [2.05, 4.69) is 21.2 Å². The fourth-order valence-electron chi connectivity index (χ4n) is 2.86. The zero-order chi connectivity index (χ0) is 23.6. The summed E-state index contributed by atoms with van der Waals surface area (Å²) in [6.07, 6.45) is 1.37. The summed E-state index contributed by atoms with van der Waals surface area (Å²) < 4.78 is 5.54. The van der Waals surface area contributed by atoms with Gasteiger partial charge < -0.3 is 15.4 Å². The Hall–Kier alpha value is -4.46. The van der Waals surface area contributed by atoms with Gasteiger partial charge in [0, 0.05) is 11.4 Å². The normalized spacial score (nSPS) is 10.5. The number of aryl methyl sites for hydroxylation is 2. The van der Waals surface area contributed by atoms with Crippen LogP contribution < -0.4 is 20.8 Å². The number of para-hydroxylation sites is 1. The van der Waals surface area contributed by atoms with Crippen molar-refractivity contribution in [3.8, 4) is 5.75 Å². The van der Waals surface area contributed by atoms with Gasteiger partial charge in [0.2, 0.25) is 0 Å². The molecule has 33 heavy (non-hydrogen) atoms. The summed E-state index contributed by atoms with van der Waals surface area (Å²) in [5, 5.41) is 9.11. The summed E-state index contributed by atoms with van der Waals surface area (Å²) in [5.74, 6) is -1.54. The lowest BCUT2D eigenvalue weighted by Crippen LogP contribution is -2.32. The van der Waals surface area contributed by atoms with Crippen LogP contribution in [-0.2, 0) is 14.4 Å². The molecule has 3 aromatic carbocycles. The van der Waals surface area contributed by atoms with E-state index in [1.807, 2.05) is 44.2 Å². The second kappa shape index (κ2) is 11.2. The number of anilines is 2. The van der Waals surface area contributed by atoms with Crippen molar-refractivity contribution < 1.29 is 19.1 Å². The molecule has 0 aliphatic carbocycles. The number of hydrogen-bond acceptors (Lipinski definition) is 5. The third-order valence-corrected chi connectivity index (χ3v) is 4.51. The number of hydrazone groups is 1. The molecule has 0 spiro atoms. The zero-order valence-electron chi connectivity index (χ0n) is 18.3. The van der Waals surface area contributed by atoms with Crippen molar-refractivity contribution in [2.75, 3.05) is 17.2 Å². The maximum absolute atomic E-state index is 12.1. The number of hydrogen-bond donors (Lipinski definition) is 3. The Balaban J connectivity index is 1.48. The van der Waals surface area contributed by atoms with Gasteiger partial charge in [-0.05, 0) is 60.9 Å².